The standard InChI is InChI=1S/C21H15F4NO3S/c1-2-29-21(28)13-19(27)12-14(22)15(23)16(24)17(25)18(12)26(10-8-9-10)20(13)30-11-6-4-3-5-7-11/h3-7,10H,2,8-9H2,1H3. The minimum absolute atomic E-state index is 0.00366. The number of fused-ring (bicyclic) bond motifs is 1. The van der Waals surface area contributed by atoms with Crippen LogP contribution in [0.5, 0.6) is 0 Å². The zero-order valence-electron chi connectivity index (χ0n) is 15.7. The van der Waals surface area contributed by atoms with Gasteiger partial charge in [-0.1, -0.05) is 30.0 Å². The first-order valence-corrected chi connectivity index (χ1v) is 10.0. The highest BCUT2D eigenvalue weighted by atomic mass is 32.2. The van der Waals surface area contributed by atoms with Crippen LogP contribution in [0.4, 0.5) is 17.6 Å². The van der Waals surface area contributed by atoms with Gasteiger partial charge in [0, 0.05) is 10.9 Å². The lowest BCUT2D eigenvalue weighted by Crippen LogP contribution is -2.25. The number of pyridine rings is 1. The smallest absolute Gasteiger partial charge is 0.344 e. The molecule has 1 aliphatic rings. The predicted molar refractivity (Wildman–Crippen MR) is 103 cm³/mol. The Morgan fingerprint density at radius 3 is 2.30 bits per heavy atom. The topological polar surface area (TPSA) is 48.3 Å². The van der Waals surface area contributed by atoms with Gasteiger partial charge in [-0.25, -0.2) is 22.4 Å². The molecule has 1 aliphatic carbocycles. The molecule has 0 N–H and O–H groups in total. The Morgan fingerprint density at radius 1 is 1.07 bits per heavy atom. The first-order valence-electron chi connectivity index (χ1n) is 9.20. The molecule has 0 aliphatic heterocycles. The summed E-state index contributed by atoms with van der Waals surface area (Å²) in [6, 6.07) is 8.22. The van der Waals surface area contributed by atoms with Gasteiger partial charge in [-0.2, -0.15) is 0 Å². The van der Waals surface area contributed by atoms with E-state index in [2.05, 4.69) is 0 Å². The van der Waals surface area contributed by atoms with Gasteiger partial charge < -0.3 is 9.30 Å². The average molecular weight is 437 g/mol. The molecule has 0 bridgehead atoms. The zero-order chi connectivity index (χ0) is 21.6. The maximum absolute atomic E-state index is 14.8. The fourth-order valence-electron chi connectivity index (χ4n) is 3.26. The zero-order valence-corrected chi connectivity index (χ0v) is 16.5. The van der Waals surface area contributed by atoms with Crippen molar-refractivity contribution in [2.45, 2.75) is 35.7 Å². The van der Waals surface area contributed by atoms with Gasteiger partial charge in [0.15, 0.2) is 23.3 Å². The van der Waals surface area contributed by atoms with Crippen molar-refractivity contribution >= 4 is 28.6 Å². The lowest BCUT2D eigenvalue weighted by Gasteiger charge is -2.20. The summed E-state index contributed by atoms with van der Waals surface area (Å²) >= 11 is 0.974. The van der Waals surface area contributed by atoms with Crippen molar-refractivity contribution in [2.24, 2.45) is 0 Å². The number of benzene rings is 2. The van der Waals surface area contributed by atoms with E-state index in [1.54, 1.807) is 30.3 Å². The van der Waals surface area contributed by atoms with Gasteiger partial charge in [0.2, 0.25) is 5.43 Å². The van der Waals surface area contributed by atoms with Crippen LogP contribution in [0.1, 0.15) is 36.2 Å². The van der Waals surface area contributed by atoms with Crippen molar-refractivity contribution in [3.05, 3.63) is 69.4 Å². The van der Waals surface area contributed by atoms with Crippen LogP contribution in [-0.2, 0) is 4.74 Å². The third kappa shape index (κ3) is 3.27. The number of hydrogen-bond acceptors (Lipinski definition) is 4. The van der Waals surface area contributed by atoms with E-state index in [9.17, 15) is 27.2 Å². The van der Waals surface area contributed by atoms with Crippen LogP contribution in [0.15, 0.2) is 45.0 Å². The molecular weight excluding hydrogens is 422 g/mol. The van der Waals surface area contributed by atoms with E-state index in [4.69, 9.17) is 4.74 Å². The van der Waals surface area contributed by atoms with Crippen LogP contribution in [0.2, 0.25) is 0 Å². The molecule has 1 saturated carbocycles. The lowest BCUT2D eigenvalue weighted by atomic mass is 10.1. The summed E-state index contributed by atoms with van der Waals surface area (Å²) in [6.45, 7) is 1.46. The van der Waals surface area contributed by atoms with Gasteiger partial charge in [-0.05, 0) is 31.9 Å². The van der Waals surface area contributed by atoms with Crippen LogP contribution in [0.25, 0.3) is 10.9 Å². The quantitative estimate of drug-likeness (QED) is 0.238. The summed E-state index contributed by atoms with van der Waals surface area (Å²) in [6.07, 6.45) is 1.09. The predicted octanol–water partition coefficient (Wildman–Crippen LogP) is 5.22. The van der Waals surface area contributed by atoms with Crippen molar-refractivity contribution in [3.8, 4) is 0 Å². The number of nitrogens with zero attached hydrogens (tertiary/aromatic N) is 1. The molecule has 0 spiro atoms. The van der Waals surface area contributed by atoms with Crippen LogP contribution in [-0.4, -0.2) is 17.1 Å². The highest BCUT2D eigenvalue weighted by Gasteiger charge is 2.36. The Labute approximate surface area is 172 Å². The fourth-order valence-corrected chi connectivity index (χ4v) is 4.40. The molecule has 3 aromatic rings. The molecule has 0 atom stereocenters. The number of ether oxygens (including phenoxy) is 1. The van der Waals surface area contributed by atoms with Crippen molar-refractivity contribution in [1.82, 2.24) is 4.57 Å². The summed E-state index contributed by atoms with van der Waals surface area (Å²) in [5, 5.41) is -0.997. The van der Waals surface area contributed by atoms with E-state index in [0.29, 0.717) is 17.7 Å². The van der Waals surface area contributed by atoms with Crippen LogP contribution in [0.3, 0.4) is 0 Å². The molecule has 156 valence electrons. The summed E-state index contributed by atoms with van der Waals surface area (Å²) in [5.41, 5.74) is -2.46. The second-order valence-electron chi connectivity index (χ2n) is 6.73. The molecule has 0 amide bonds. The van der Waals surface area contributed by atoms with Crippen molar-refractivity contribution in [2.75, 3.05) is 6.61 Å². The number of carbonyl (C=O) groups excluding carboxylic acids is 1. The molecule has 0 radical (unpaired) electrons. The molecule has 4 nitrogen and oxygen atoms in total. The number of aromatic nitrogens is 1. The first-order chi connectivity index (χ1) is 14.4. The second kappa shape index (κ2) is 7.79. The second-order valence-corrected chi connectivity index (χ2v) is 7.79. The normalized spacial score (nSPS) is 13.6. The average Bonchev–Trinajstić information content (AvgIpc) is 3.56. The van der Waals surface area contributed by atoms with Crippen molar-refractivity contribution in [3.63, 3.8) is 0 Å². The number of rotatable bonds is 5. The van der Waals surface area contributed by atoms with E-state index in [-0.39, 0.29) is 11.6 Å². The maximum Gasteiger partial charge on any atom is 0.344 e. The number of hydrogen-bond donors (Lipinski definition) is 0. The molecule has 1 aromatic heterocycles. The Morgan fingerprint density at radius 2 is 1.70 bits per heavy atom. The first kappa shape index (κ1) is 20.5. The van der Waals surface area contributed by atoms with Crippen LogP contribution in [0, 0.1) is 23.3 Å². The van der Waals surface area contributed by atoms with Gasteiger partial charge in [0.25, 0.3) is 0 Å². The Kier molecular flexibility index (Phi) is 5.31. The van der Waals surface area contributed by atoms with Crippen LogP contribution >= 0.6 is 11.8 Å². The minimum Gasteiger partial charge on any atom is -0.462 e. The third-order valence-electron chi connectivity index (χ3n) is 4.72. The van der Waals surface area contributed by atoms with Crippen molar-refractivity contribution < 1.29 is 27.1 Å². The summed E-state index contributed by atoms with van der Waals surface area (Å²) in [5.74, 6) is -8.64. The number of esters is 1. The highest BCUT2D eigenvalue weighted by molar-refractivity contribution is 7.99. The van der Waals surface area contributed by atoms with Crippen LogP contribution < -0.4 is 5.43 Å². The van der Waals surface area contributed by atoms with Gasteiger partial charge in [-0.15, -0.1) is 0 Å². The molecule has 0 saturated heterocycles. The van der Waals surface area contributed by atoms with E-state index in [1.807, 2.05) is 0 Å². The van der Waals surface area contributed by atoms with Gasteiger partial charge >= 0.3 is 5.97 Å². The summed E-state index contributed by atoms with van der Waals surface area (Å²) in [7, 11) is 0. The highest BCUT2D eigenvalue weighted by Crippen LogP contribution is 2.44. The van der Waals surface area contributed by atoms with Gasteiger partial charge in [0.1, 0.15) is 5.56 Å². The number of halogens is 4. The lowest BCUT2D eigenvalue weighted by molar-refractivity contribution is 0.0519. The molecule has 30 heavy (non-hydrogen) atoms. The molecule has 2 aromatic carbocycles. The molecular formula is C21H15F4NO3S. The monoisotopic (exact) mass is 437 g/mol. The fraction of sp³-hybridized carbons (Fsp3) is 0.238. The SMILES string of the molecule is CCOC(=O)c1c(Sc2ccccc2)n(C2CC2)c2c(F)c(F)c(F)c(F)c2c1=O. The van der Waals surface area contributed by atoms with E-state index >= 15 is 0 Å². The minimum atomic E-state index is -2.10. The summed E-state index contributed by atoms with van der Waals surface area (Å²) < 4.78 is 63.6. The van der Waals surface area contributed by atoms with Gasteiger partial charge in [0.05, 0.1) is 22.5 Å². The van der Waals surface area contributed by atoms with E-state index in [1.165, 1.54) is 11.5 Å². The maximum atomic E-state index is 14.8. The van der Waals surface area contributed by atoms with E-state index in [0.717, 1.165) is 11.8 Å². The molecule has 4 rings (SSSR count). The molecule has 1 fully saturated rings. The third-order valence-corrected chi connectivity index (χ3v) is 5.82. The Hall–Kier alpha value is -2.81. The summed E-state index contributed by atoms with van der Waals surface area (Å²) in [4.78, 5) is 26.3. The number of carbonyl (C=O) groups is 1. The Bertz CT molecular complexity index is 1220. The molecule has 9 heteroatoms. The molecule has 0 unspecified atom stereocenters. The largest absolute Gasteiger partial charge is 0.462 e. The van der Waals surface area contributed by atoms with Gasteiger partial charge in [-0.3, -0.25) is 4.79 Å². The van der Waals surface area contributed by atoms with E-state index < -0.39 is 57.2 Å². The Balaban J connectivity index is 2.16. The van der Waals surface area contributed by atoms with Crippen molar-refractivity contribution in [1.29, 1.82) is 0 Å². The molecule has 1 heterocycles.